The maximum atomic E-state index is 12.3. The van der Waals surface area contributed by atoms with Crippen molar-refractivity contribution in [3.63, 3.8) is 0 Å². The number of carbonyl (C=O) groups is 1. The van der Waals surface area contributed by atoms with Crippen LogP contribution in [0.1, 0.15) is 23.7 Å². The Labute approximate surface area is 120 Å². The average molecular weight is 301 g/mol. The Bertz CT molecular complexity index is 572. The van der Waals surface area contributed by atoms with Crippen LogP contribution in [0.15, 0.2) is 24.8 Å². The molecule has 0 bridgehead atoms. The molecule has 2 aromatic heterocycles. The van der Waals surface area contributed by atoms with Crippen LogP contribution in [0.25, 0.3) is 5.52 Å². The van der Waals surface area contributed by atoms with Crippen molar-refractivity contribution < 1.29 is 4.79 Å². The predicted octanol–water partition coefficient (Wildman–Crippen LogP) is 2.09. The fourth-order valence-electron chi connectivity index (χ4n) is 1.70. The third-order valence-electron chi connectivity index (χ3n) is 3.14. The highest BCUT2D eigenvalue weighted by atomic mass is 35.5. The molecule has 5 nitrogen and oxygen atoms in total. The normalized spacial score (nSPS) is 11.7. The van der Waals surface area contributed by atoms with E-state index in [4.69, 9.17) is 23.2 Å². The molecule has 0 fully saturated rings. The fraction of sp³-hybridized carbons (Fsp3) is 0.417. The standard InChI is InChI=1S/C12H14Cl2N4O/c1-2-12(7-13,8-14)17-11(19)9-5-16-18-4-3-15-6-10(9)18/h3-6H,2,7-8H2,1H3,(H,17,19). The van der Waals surface area contributed by atoms with Gasteiger partial charge in [-0.3, -0.25) is 9.78 Å². The molecule has 0 atom stereocenters. The summed E-state index contributed by atoms with van der Waals surface area (Å²) >= 11 is 11.8. The lowest BCUT2D eigenvalue weighted by Gasteiger charge is -2.29. The van der Waals surface area contributed by atoms with Gasteiger partial charge >= 0.3 is 0 Å². The van der Waals surface area contributed by atoms with Crippen LogP contribution in [0, 0.1) is 0 Å². The van der Waals surface area contributed by atoms with Crippen molar-refractivity contribution >= 4 is 34.6 Å². The van der Waals surface area contributed by atoms with Crippen LogP contribution in [-0.4, -0.2) is 37.8 Å². The van der Waals surface area contributed by atoms with E-state index < -0.39 is 5.54 Å². The summed E-state index contributed by atoms with van der Waals surface area (Å²) in [5.41, 5.74) is 0.506. The van der Waals surface area contributed by atoms with Crippen LogP contribution in [0.5, 0.6) is 0 Å². The third-order valence-corrected chi connectivity index (χ3v) is 4.16. The molecule has 0 aliphatic heterocycles. The molecule has 0 spiro atoms. The van der Waals surface area contributed by atoms with Gasteiger partial charge in [0.05, 0.1) is 29.0 Å². The summed E-state index contributed by atoms with van der Waals surface area (Å²) in [6.45, 7) is 1.93. The molecule has 102 valence electrons. The van der Waals surface area contributed by atoms with Gasteiger partial charge in [0.25, 0.3) is 5.91 Å². The number of hydrogen-bond donors (Lipinski definition) is 1. The van der Waals surface area contributed by atoms with Crippen LogP contribution in [0.2, 0.25) is 0 Å². The topological polar surface area (TPSA) is 59.3 Å². The van der Waals surface area contributed by atoms with Gasteiger partial charge in [0.15, 0.2) is 0 Å². The minimum Gasteiger partial charge on any atom is -0.344 e. The van der Waals surface area contributed by atoms with E-state index >= 15 is 0 Å². The van der Waals surface area contributed by atoms with Crippen molar-refractivity contribution in [2.45, 2.75) is 18.9 Å². The Hall–Kier alpha value is -1.33. The van der Waals surface area contributed by atoms with Crippen LogP contribution in [0.3, 0.4) is 0 Å². The van der Waals surface area contributed by atoms with E-state index in [2.05, 4.69) is 15.4 Å². The number of nitrogens with one attached hydrogen (secondary N) is 1. The summed E-state index contributed by atoms with van der Waals surface area (Å²) in [6.07, 6.45) is 7.05. The Morgan fingerprint density at radius 2 is 2.16 bits per heavy atom. The minimum absolute atomic E-state index is 0.244. The molecule has 0 aromatic carbocycles. The molecular formula is C12H14Cl2N4O. The highest BCUT2D eigenvalue weighted by Crippen LogP contribution is 2.17. The summed E-state index contributed by atoms with van der Waals surface area (Å²) in [4.78, 5) is 16.3. The summed E-state index contributed by atoms with van der Waals surface area (Å²) in [5.74, 6) is 0.276. The molecule has 0 aliphatic carbocycles. The number of nitrogens with zero attached hydrogens (tertiary/aromatic N) is 3. The number of hydrogen-bond acceptors (Lipinski definition) is 3. The Balaban J connectivity index is 2.29. The van der Waals surface area contributed by atoms with Crippen molar-refractivity contribution in [3.8, 4) is 0 Å². The first kappa shape index (κ1) is 14.1. The zero-order valence-corrected chi connectivity index (χ0v) is 11.9. The van der Waals surface area contributed by atoms with Gasteiger partial charge in [-0.1, -0.05) is 6.92 Å². The summed E-state index contributed by atoms with van der Waals surface area (Å²) < 4.78 is 1.59. The van der Waals surface area contributed by atoms with E-state index in [-0.39, 0.29) is 17.7 Å². The Morgan fingerprint density at radius 1 is 1.42 bits per heavy atom. The number of carbonyl (C=O) groups excluding carboxylic acids is 1. The summed E-state index contributed by atoms with van der Waals surface area (Å²) in [5, 5.41) is 6.99. The maximum absolute atomic E-state index is 12.3. The molecule has 19 heavy (non-hydrogen) atoms. The number of fused-ring (bicyclic) bond motifs is 1. The van der Waals surface area contributed by atoms with Crippen molar-refractivity contribution in [1.82, 2.24) is 19.9 Å². The molecule has 2 aromatic rings. The Morgan fingerprint density at radius 3 is 2.79 bits per heavy atom. The van der Waals surface area contributed by atoms with Gasteiger partial charge in [0.2, 0.25) is 0 Å². The van der Waals surface area contributed by atoms with Gasteiger partial charge in [0, 0.05) is 24.2 Å². The van der Waals surface area contributed by atoms with Crippen molar-refractivity contribution in [3.05, 3.63) is 30.4 Å². The monoisotopic (exact) mass is 300 g/mol. The van der Waals surface area contributed by atoms with E-state index in [0.717, 1.165) is 0 Å². The van der Waals surface area contributed by atoms with Crippen LogP contribution in [-0.2, 0) is 0 Å². The van der Waals surface area contributed by atoms with Gasteiger partial charge in [-0.15, -0.1) is 23.2 Å². The van der Waals surface area contributed by atoms with Gasteiger partial charge in [0.1, 0.15) is 0 Å². The SMILES string of the molecule is CCC(CCl)(CCl)NC(=O)c1cnn2ccncc12. The maximum Gasteiger partial charge on any atom is 0.255 e. The molecule has 7 heteroatoms. The van der Waals surface area contributed by atoms with Crippen molar-refractivity contribution in [2.24, 2.45) is 0 Å². The van der Waals surface area contributed by atoms with E-state index in [9.17, 15) is 4.79 Å². The largest absolute Gasteiger partial charge is 0.344 e. The van der Waals surface area contributed by atoms with Gasteiger partial charge in [-0.25, -0.2) is 4.52 Å². The fourth-order valence-corrected chi connectivity index (χ4v) is 2.49. The van der Waals surface area contributed by atoms with Gasteiger partial charge in [-0.2, -0.15) is 5.10 Å². The molecule has 0 saturated carbocycles. The van der Waals surface area contributed by atoms with E-state index in [1.807, 2.05) is 6.92 Å². The van der Waals surface area contributed by atoms with Gasteiger partial charge in [-0.05, 0) is 6.42 Å². The molecule has 2 heterocycles. The molecule has 0 saturated heterocycles. The van der Waals surface area contributed by atoms with Crippen LogP contribution in [0.4, 0.5) is 0 Å². The molecule has 0 unspecified atom stereocenters. The first-order valence-corrected chi connectivity index (χ1v) is 6.94. The van der Waals surface area contributed by atoms with E-state index in [0.29, 0.717) is 17.5 Å². The Kier molecular flexibility index (Phi) is 4.27. The second-order valence-corrected chi connectivity index (χ2v) is 4.85. The lowest BCUT2D eigenvalue weighted by Crippen LogP contribution is -2.51. The summed E-state index contributed by atoms with van der Waals surface area (Å²) in [6, 6.07) is 0. The van der Waals surface area contributed by atoms with E-state index in [1.165, 1.54) is 6.20 Å². The molecular weight excluding hydrogens is 287 g/mol. The number of alkyl halides is 2. The highest BCUT2D eigenvalue weighted by molar-refractivity contribution is 6.22. The second-order valence-electron chi connectivity index (χ2n) is 4.32. The van der Waals surface area contributed by atoms with Crippen LogP contribution < -0.4 is 5.32 Å². The number of amides is 1. The van der Waals surface area contributed by atoms with Crippen molar-refractivity contribution in [2.75, 3.05) is 11.8 Å². The molecule has 2 rings (SSSR count). The minimum atomic E-state index is -0.601. The zero-order chi connectivity index (χ0) is 13.9. The average Bonchev–Trinajstić information content (AvgIpc) is 2.89. The first-order chi connectivity index (χ1) is 9.15. The second kappa shape index (κ2) is 5.75. The zero-order valence-electron chi connectivity index (χ0n) is 10.4. The smallest absolute Gasteiger partial charge is 0.255 e. The molecule has 1 N–H and O–H groups in total. The van der Waals surface area contributed by atoms with Crippen LogP contribution >= 0.6 is 23.2 Å². The molecule has 0 radical (unpaired) electrons. The predicted molar refractivity (Wildman–Crippen MR) is 74.9 cm³/mol. The lowest BCUT2D eigenvalue weighted by molar-refractivity contribution is 0.0915. The number of rotatable bonds is 5. The lowest BCUT2D eigenvalue weighted by atomic mass is 10.0. The number of halogens is 2. The quantitative estimate of drug-likeness (QED) is 0.860. The number of aromatic nitrogens is 3. The molecule has 0 aliphatic rings. The third kappa shape index (κ3) is 2.67. The highest BCUT2D eigenvalue weighted by Gasteiger charge is 2.29. The first-order valence-electron chi connectivity index (χ1n) is 5.87. The van der Waals surface area contributed by atoms with Crippen molar-refractivity contribution in [1.29, 1.82) is 0 Å². The van der Waals surface area contributed by atoms with Gasteiger partial charge < -0.3 is 5.32 Å². The van der Waals surface area contributed by atoms with E-state index in [1.54, 1.807) is 23.1 Å². The summed E-state index contributed by atoms with van der Waals surface area (Å²) in [7, 11) is 0. The molecule has 1 amide bonds.